The maximum absolute atomic E-state index is 5.30. The Hall–Kier alpha value is -6.88. The predicted molar refractivity (Wildman–Crippen MR) is 234 cm³/mol. The van der Waals surface area contributed by atoms with E-state index in [1.165, 1.54) is 85.9 Å². The Bertz CT molecular complexity index is 3290. The van der Waals surface area contributed by atoms with Gasteiger partial charge in [-0.1, -0.05) is 158 Å². The fourth-order valence-corrected chi connectivity index (χ4v) is 10.0. The second-order valence-electron chi connectivity index (χ2n) is 14.6. The summed E-state index contributed by atoms with van der Waals surface area (Å²) in [5, 5.41) is 13.9. The second kappa shape index (κ2) is 11.8. The summed E-state index contributed by atoms with van der Waals surface area (Å²) in [7, 11) is 0. The number of rotatable bonds is 4. The molecule has 0 fully saturated rings. The Morgan fingerprint density at radius 3 is 2.00 bits per heavy atom. The van der Waals surface area contributed by atoms with Crippen LogP contribution in [0.2, 0.25) is 0 Å². The van der Waals surface area contributed by atoms with E-state index in [4.69, 9.17) is 9.98 Å². The molecular weight excluding hydrogens is 687 g/mol. The van der Waals surface area contributed by atoms with Crippen LogP contribution in [0.25, 0.3) is 85.9 Å². The quantitative estimate of drug-likeness (QED) is 0.193. The molecule has 1 aliphatic heterocycles. The van der Waals surface area contributed by atoms with Crippen LogP contribution in [0, 0.1) is 0 Å². The van der Waals surface area contributed by atoms with E-state index in [1.807, 2.05) is 11.3 Å². The molecule has 0 amide bonds. The summed E-state index contributed by atoms with van der Waals surface area (Å²) >= 11 is 1.87. The van der Waals surface area contributed by atoms with Crippen LogP contribution in [-0.4, -0.2) is 11.7 Å². The lowest BCUT2D eigenvalue weighted by atomic mass is 9.97. The van der Waals surface area contributed by atoms with Crippen molar-refractivity contribution in [1.82, 2.24) is 5.32 Å². The topological polar surface area (TPSA) is 36.8 Å². The molecule has 0 radical (unpaired) electrons. The van der Waals surface area contributed by atoms with E-state index in [-0.39, 0.29) is 6.17 Å². The zero-order chi connectivity index (χ0) is 36.0. The first-order chi connectivity index (χ1) is 27.2. The van der Waals surface area contributed by atoms with Crippen LogP contribution in [0.1, 0.15) is 22.9 Å². The molecule has 0 bridgehead atoms. The molecule has 1 atom stereocenters. The first kappa shape index (κ1) is 30.6. The lowest BCUT2D eigenvalue weighted by Gasteiger charge is -2.24. The van der Waals surface area contributed by atoms with E-state index >= 15 is 0 Å². The molecule has 0 spiro atoms. The van der Waals surface area contributed by atoms with Gasteiger partial charge in [0.2, 0.25) is 0 Å². The predicted octanol–water partition coefficient (Wildman–Crippen LogP) is 13.3. The van der Waals surface area contributed by atoms with Gasteiger partial charge in [0.05, 0.1) is 0 Å². The molecule has 4 heteroatoms. The molecule has 12 rings (SSSR count). The van der Waals surface area contributed by atoms with Gasteiger partial charge in [-0.3, -0.25) is 0 Å². The molecule has 0 saturated carbocycles. The third kappa shape index (κ3) is 4.75. The Morgan fingerprint density at radius 2 is 1.11 bits per heavy atom. The molecule has 2 heterocycles. The maximum Gasteiger partial charge on any atom is 0.159 e. The normalized spacial score (nSPS) is 14.7. The molecule has 2 aliphatic rings. The van der Waals surface area contributed by atoms with Gasteiger partial charge in [-0.05, 0) is 84.1 Å². The number of nitrogens with one attached hydrogen (secondary N) is 1. The number of amidine groups is 2. The Labute approximate surface area is 321 Å². The molecule has 1 aliphatic carbocycles. The van der Waals surface area contributed by atoms with E-state index in [0.29, 0.717) is 0 Å². The number of nitrogens with zero attached hydrogens (tertiary/aromatic N) is 2. The summed E-state index contributed by atoms with van der Waals surface area (Å²) in [5.41, 5.74) is 10.9. The zero-order valence-corrected chi connectivity index (χ0v) is 30.4. The summed E-state index contributed by atoms with van der Waals surface area (Å²) in [6, 6.07) is 63.7. The van der Waals surface area contributed by atoms with Crippen molar-refractivity contribution < 1.29 is 0 Å². The second-order valence-corrected chi connectivity index (χ2v) is 15.6. The molecule has 9 aromatic carbocycles. The van der Waals surface area contributed by atoms with Crippen molar-refractivity contribution in [2.45, 2.75) is 6.17 Å². The number of benzene rings is 9. The molecule has 1 aromatic heterocycles. The Balaban J connectivity index is 0.986. The highest BCUT2D eigenvalue weighted by atomic mass is 32.1. The Morgan fingerprint density at radius 1 is 0.436 bits per heavy atom. The molecule has 55 heavy (non-hydrogen) atoms. The van der Waals surface area contributed by atoms with Crippen LogP contribution in [0.3, 0.4) is 0 Å². The minimum atomic E-state index is -0.300. The third-order valence-corrected chi connectivity index (χ3v) is 12.7. The number of fused-ring (bicyclic) bond motifs is 9. The maximum atomic E-state index is 5.30. The molecule has 1 N–H and O–H groups in total. The van der Waals surface area contributed by atoms with Gasteiger partial charge in [0.1, 0.15) is 12.0 Å². The van der Waals surface area contributed by atoms with Gasteiger partial charge in [-0.2, -0.15) is 0 Å². The van der Waals surface area contributed by atoms with Crippen LogP contribution < -0.4 is 5.32 Å². The third-order valence-electron chi connectivity index (χ3n) is 11.5. The van der Waals surface area contributed by atoms with Crippen LogP contribution in [-0.2, 0) is 0 Å². The fraction of sp³-hybridized carbons (Fsp3) is 0.0196. The van der Waals surface area contributed by atoms with Gasteiger partial charge in [0.25, 0.3) is 0 Å². The lowest BCUT2D eigenvalue weighted by Crippen LogP contribution is -2.33. The molecule has 3 nitrogen and oxygen atoms in total. The van der Waals surface area contributed by atoms with E-state index in [1.54, 1.807) is 0 Å². The number of hydrogen-bond donors (Lipinski definition) is 1. The van der Waals surface area contributed by atoms with Gasteiger partial charge in [0.15, 0.2) is 5.84 Å². The van der Waals surface area contributed by atoms with E-state index in [2.05, 4.69) is 181 Å². The lowest BCUT2D eigenvalue weighted by molar-refractivity contribution is 0.675. The first-order valence-corrected chi connectivity index (χ1v) is 19.6. The van der Waals surface area contributed by atoms with Crippen molar-refractivity contribution >= 4 is 75.5 Å². The number of hydrogen-bond acceptors (Lipinski definition) is 4. The molecule has 256 valence electrons. The van der Waals surface area contributed by atoms with Gasteiger partial charge >= 0.3 is 0 Å². The van der Waals surface area contributed by atoms with Crippen molar-refractivity contribution in [3.05, 3.63) is 193 Å². The molecule has 10 aromatic rings. The van der Waals surface area contributed by atoms with Crippen LogP contribution in [0.5, 0.6) is 0 Å². The minimum Gasteiger partial charge on any atom is -0.344 e. The smallest absolute Gasteiger partial charge is 0.159 e. The highest BCUT2D eigenvalue weighted by Gasteiger charge is 2.25. The van der Waals surface area contributed by atoms with Crippen molar-refractivity contribution in [2.24, 2.45) is 9.98 Å². The highest BCUT2D eigenvalue weighted by Crippen LogP contribution is 2.51. The van der Waals surface area contributed by atoms with Crippen molar-refractivity contribution in [2.75, 3.05) is 0 Å². The van der Waals surface area contributed by atoms with E-state index in [0.717, 1.165) is 28.4 Å². The SMILES string of the molecule is c1ccc2c(c1)-c1cccc3c1c-2cc1c2ccc(C4=NC(c5ccc6ccccc6c5)NC(c5ccc(-c6cccc7ccccc67)cc5)=N4)cc2sc31. The summed E-state index contributed by atoms with van der Waals surface area (Å²) in [4.78, 5) is 10.5. The van der Waals surface area contributed by atoms with Gasteiger partial charge in [0, 0.05) is 36.7 Å². The van der Waals surface area contributed by atoms with Crippen LogP contribution in [0.15, 0.2) is 186 Å². The molecule has 0 saturated heterocycles. The summed E-state index contributed by atoms with van der Waals surface area (Å²) in [5.74, 6) is 1.54. The Kier molecular flexibility index (Phi) is 6.56. The number of thiophene rings is 1. The largest absolute Gasteiger partial charge is 0.344 e. The van der Waals surface area contributed by atoms with Crippen molar-refractivity contribution in [3.8, 4) is 33.4 Å². The summed E-state index contributed by atoms with van der Waals surface area (Å²) < 4.78 is 2.57. The van der Waals surface area contributed by atoms with Crippen LogP contribution in [0.4, 0.5) is 0 Å². The van der Waals surface area contributed by atoms with Crippen molar-refractivity contribution in [1.29, 1.82) is 0 Å². The van der Waals surface area contributed by atoms with Gasteiger partial charge < -0.3 is 5.32 Å². The fourth-order valence-electron chi connectivity index (χ4n) is 8.80. The summed E-state index contributed by atoms with van der Waals surface area (Å²) in [6.07, 6.45) is -0.300. The average Bonchev–Trinajstić information content (AvgIpc) is 3.79. The van der Waals surface area contributed by atoms with Gasteiger partial charge in [-0.15, -0.1) is 11.3 Å². The zero-order valence-electron chi connectivity index (χ0n) is 29.6. The highest BCUT2D eigenvalue weighted by molar-refractivity contribution is 7.26. The van der Waals surface area contributed by atoms with Crippen molar-refractivity contribution in [3.63, 3.8) is 0 Å². The average molecular weight is 718 g/mol. The first-order valence-electron chi connectivity index (χ1n) is 18.8. The minimum absolute atomic E-state index is 0.300. The van der Waals surface area contributed by atoms with E-state index in [9.17, 15) is 0 Å². The number of aliphatic imine (C=N–C) groups is 2. The van der Waals surface area contributed by atoms with Crippen LogP contribution >= 0.6 is 11.3 Å². The molecular formula is C51H31N3S. The standard InChI is InChI=1S/C51H31N3S/c1-2-11-34-27-35(24-19-30(34)9-1)50-52-49(33-22-20-32(21-23-33)38-16-7-12-31-10-3-4-13-37(31)38)53-51(54-50)36-25-26-41-45-29-44-40-15-6-5-14-39(40)42-17-8-18-43(47(42)44)48(45)55-46(41)28-36/h1-29,50H,(H,52,53,54). The molecule has 1 unspecified atom stereocenters. The summed E-state index contributed by atoms with van der Waals surface area (Å²) in [6.45, 7) is 0. The monoisotopic (exact) mass is 717 g/mol. The van der Waals surface area contributed by atoms with Gasteiger partial charge in [-0.25, -0.2) is 9.98 Å². The van der Waals surface area contributed by atoms with E-state index < -0.39 is 0 Å².